The third kappa shape index (κ3) is 6.30. The van der Waals surface area contributed by atoms with Gasteiger partial charge >= 0.3 is 0 Å². The summed E-state index contributed by atoms with van der Waals surface area (Å²) in [5.74, 6) is 0.123. The largest absolute Gasteiger partial charge is 0.376 e. The zero-order valence-electron chi connectivity index (χ0n) is 17.8. The minimum Gasteiger partial charge on any atom is -0.376 e. The molecule has 2 radical (unpaired) electrons. The highest BCUT2D eigenvalue weighted by atomic mass is 16.5. The molecule has 0 heterocycles. The van der Waals surface area contributed by atoms with Crippen molar-refractivity contribution < 1.29 is 14.2 Å². The average Bonchev–Trinajstić information content (AvgIpc) is 3.12. The second-order valence-electron chi connectivity index (χ2n) is 8.18. The highest BCUT2D eigenvalue weighted by Gasteiger charge is 2.42. The summed E-state index contributed by atoms with van der Waals surface area (Å²) in [5.41, 5.74) is 3.46. The van der Waals surface area contributed by atoms with E-state index >= 15 is 0 Å². The van der Waals surface area contributed by atoms with E-state index in [9.17, 15) is 0 Å². The summed E-state index contributed by atoms with van der Waals surface area (Å²) in [6.07, 6.45) is 0.567. The van der Waals surface area contributed by atoms with Gasteiger partial charge in [-0.05, 0) is 28.9 Å². The molecule has 0 N–H and O–H groups in total. The van der Waals surface area contributed by atoms with Gasteiger partial charge in [-0.3, -0.25) is 0 Å². The van der Waals surface area contributed by atoms with Crippen molar-refractivity contribution in [3.63, 3.8) is 0 Å². The lowest BCUT2D eigenvalue weighted by molar-refractivity contribution is -0.0946. The summed E-state index contributed by atoms with van der Waals surface area (Å²) in [6.45, 7) is 2.27. The van der Waals surface area contributed by atoms with Crippen LogP contribution >= 0.6 is 0 Å². The predicted molar refractivity (Wildman–Crippen MR) is 124 cm³/mol. The van der Waals surface area contributed by atoms with Crippen molar-refractivity contribution in [3.05, 3.63) is 108 Å². The first-order valence-corrected chi connectivity index (χ1v) is 11.0. The Hall–Kier alpha value is -2.40. The average molecular weight is 412 g/mol. The van der Waals surface area contributed by atoms with E-state index < -0.39 is 0 Å². The van der Waals surface area contributed by atoms with E-state index in [4.69, 9.17) is 22.1 Å². The molecule has 1 fully saturated rings. The van der Waals surface area contributed by atoms with Crippen LogP contribution in [0.4, 0.5) is 0 Å². The minimum atomic E-state index is -0.158. The molecule has 0 bridgehead atoms. The smallest absolute Gasteiger partial charge is 0.0886 e. The van der Waals surface area contributed by atoms with Gasteiger partial charge in [0, 0.05) is 5.92 Å². The van der Waals surface area contributed by atoms with E-state index in [0.717, 1.165) is 17.5 Å². The maximum atomic E-state index is 6.52. The third-order valence-corrected chi connectivity index (χ3v) is 5.80. The molecule has 31 heavy (non-hydrogen) atoms. The molecule has 3 aromatic carbocycles. The van der Waals surface area contributed by atoms with Crippen LogP contribution < -0.4 is 0 Å². The molecule has 1 aliphatic rings. The van der Waals surface area contributed by atoms with E-state index in [1.807, 2.05) is 54.6 Å². The van der Waals surface area contributed by atoms with E-state index in [0.29, 0.717) is 26.4 Å². The van der Waals surface area contributed by atoms with Crippen LogP contribution in [-0.2, 0) is 34.0 Å². The van der Waals surface area contributed by atoms with Crippen molar-refractivity contribution in [2.45, 2.75) is 44.3 Å². The van der Waals surface area contributed by atoms with Crippen LogP contribution in [0, 0.1) is 5.92 Å². The van der Waals surface area contributed by atoms with Gasteiger partial charge in [-0.25, -0.2) is 0 Å². The lowest BCUT2D eigenvalue weighted by Gasteiger charge is -2.27. The second-order valence-corrected chi connectivity index (χ2v) is 8.18. The molecule has 0 saturated heterocycles. The Bertz CT molecular complexity index is 888. The van der Waals surface area contributed by atoms with Crippen molar-refractivity contribution in [1.29, 1.82) is 0 Å². The molecule has 3 aromatic rings. The summed E-state index contributed by atoms with van der Waals surface area (Å²) in [5, 5.41) is 0. The maximum absolute atomic E-state index is 6.52. The Balaban J connectivity index is 1.39. The molecule has 4 rings (SSSR count). The predicted octanol–water partition coefficient (Wildman–Crippen LogP) is 5.35. The van der Waals surface area contributed by atoms with E-state index in [1.165, 1.54) is 5.56 Å². The normalized spacial score (nSPS) is 23.1. The molecule has 0 aliphatic heterocycles. The monoisotopic (exact) mass is 412 g/mol. The van der Waals surface area contributed by atoms with Crippen molar-refractivity contribution in [3.8, 4) is 0 Å². The molecule has 1 saturated carbocycles. The highest BCUT2D eigenvalue weighted by Crippen LogP contribution is 2.39. The molecular weight excluding hydrogens is 383 g/mol. The zero-order valence-corrected chi connectivity index (χ0v) is 17.8. The lowest BCUT2D eigenvalue weighted by atomic mass is 9.83. The summed E-state index contributed by atoms with van der Waals surface area (Å²) >= 11 is 0. The van der Waals surface area contributed by atoms with Crippen molar-refractivity contribution >= 4 is 7.85 Å². The van der Waals surface area contributed by atoms with E-state index in [1.54, 1.807) is 0 Å². The van der Waals surface area contributed by atoms with Crippen LogP contribution in [0.5, 0.6) is 0 Å². The molecule has 158 valence electrons. The number of rotatable bonds is 10. The first-order valence-electron chi connectivity index (χ1n) is 11.0. The van der Waals surface area contributed by atoms with Gasteiger partial charge in [0.1, 0.15) is 0 Å². The Morgan fingerprint density at radius 3 is 1.58 bits per heavy atom. The zero-order chi connectivity index (χ0) is 21.3. The standard InChI is InChI=1S/C27H29BO3/c28-25-16-24(20-29-17-21-10-4-1-5-11-21)26(30-18-22-12-6-2-7-13-22)27(25)31-19-23-14-8-3-9-15-23/h1-15,24-27H,16-20H2. The summed E-state index contributed by atoms with van der Waals surface area (Å²) < 4.78 is 18.7. The van der Waals surface area contributed by atoms with Crippen molar-refractivity contribution in [1.82, 2.24) is 0 Å². The molecule has 1 aliphatic carbocycles. The van der Waals surface area contributed by atoms with Gasteiger partial charge in [0.15, 0.2) is 0 Å². The van der Waals surface area contributed by atoms with Crippen molar-refractivity contribution in [2.24, 2.45) is 5.92 Å². The Morgan fingerprint density at radius 1 is 0.613 bits per heavy atom. The van der Waals surface area contributed by atoms with Gasteiger partial charge < -0.3 is 14.2 Å². The first-order chi connectivity index (χ1) is 15.3. The quantitative estimate of drug-likeness (QED) is 0.420. The fourth-order valence-electron chi connectivity index (χ4n) is 4.18. The molecule has 3 nitrogen and oxygen atoms in total. The Labute approximate surface area is 186 Å². The van der Waals surface area contributed by atoms with Crippen LogP contribution in [0.2, 0.25) is 5.82 Å². The van der Waals surface area contributed by atoms with Crippen molar-refractivity contribution in [2.75, 3.05) is 6.61 Å². The summed E-state index contributed by atoms with van der Waals surface area (Å²) in [6, 6.07) is 30.7. The van der Waals surface area contributed by atoms with Gasteiger partial charge in [0.25, 0.3) is 0 Å². The van der Waals surface area contributed by atoms with Crippen LogP contribution in [0.1, 0.15) is 23.1 Å². The number of ether oxygens (including phenoxy) is 3. The lowest BCUT2D eigenvalue weighted by Crippen LogP contribution is -2.34. The third-order valence-electron chi connectivity index (χ3n) is 5.80. The second kappa shape index (κ2) is 11.3. The Morgan fingerprint density at radius 2 is 1.06 bits per heavy atom. The maximum Gasteiger partial charge on any atom is 0.0886 e. The van der Waals surface area contributed by atoms with Crippen LogP contribution in [0.15, 0.2) is 91.0 Å². The number of hydrogen-bond donors (Lipinski definition) is 0. The summed E-state index contributed by atoms with van der Waals surface area (Å²) in [7, 11) is 6.52. The van der Waals surface area contributed by atoms with Gasteiger partial charge in [-0.2, -0.15) is 0 Å². The van der Waals surface area contributed by atoms with Gasteiger partial charge in [-0.15, -0.1) is 0 Å². The minimum absolute atomic E-state index is 0.0742. The fraction of sp³-hybridized carbons (Fsp3) is 0.333. The van der Waals surface area contributed by atoms with Crippen LogP contribution in [0.3, 0.4) is 0 Å². The highest BCUT2D eigenvalue weighted by molar-refractivity contribution is 6.12. The molecular formula is C27H29BO3. The van der Waals surface area contributed by atoms with Gasteiger partial charge in [-0.1, -0.05) is 91.0 Å². The molecule has 4 unspecified atom stereocenters. The SMILES string of the molecule is [B]C1CC(COCc2ccccc2)C(OCc2ccccc2)C1OCc1ccccc1. The van der Waals surface area contributed by atoms with Crippen LogP contribution in [0.25, 0.3) is 0 Å². The number of benzene rings is 3. The van der Waals surface area contributed by atoms with E-state index in [2.05, 4.69) is 36.4 Å². The number of hydrogen-bond acceptors (Lipinski definition) is 3. The first kappa shape index (κ1) is 21.8. The topological polar surface area (TPSA) is 27.7 Å². The molecule has 0 amide bonds. The summed E-state index contributed by atoms with van der Waals surface area (Å²) in [4.78, 5) is 0. The van der Waals surface area contributed by atoms with E-state index in [-0.39, 0.29) is 23.9 Å². The Kier molecular flexibility index (Phi) is 7.95. The molecule has 0 aromatic heterocycles. The molecule has 4 atom stereocenters. The van der Waals surface area contributed by atoms with Gasteiger partial charge in [0.05, 0.1) is 46.5 Å². The fourth-order valence-corrected chi connectivity index (χ4v) is 4.18. The van der Waals surface area contributed by atoms with Gasteiger partial charge in [0.2, 0.25) is 0 Å². The molecule has 0 spiro atoms. The van der Waals surface area contributed by atoms with Crippen LogP contribution in [-0.4, -0.2) is 26.7 Å². The molecule has 4 heteroatoms.